The topological polar surface area (TPSA) is 134 Å². The molecule has 0 aliphatic carbocycles. The molecule has 3 aromatic heterocycles. The highest BCUT2D eigenvalue weighted by molar-refractivity contribution is 7.16. The molecule has 0 unspecified atom stereocenters. The average Bonchev–Trinajstić information content (AvgIpc) is 3.59. The Morgan fingerprint density at radius 1 is 1.05 bits per heavy atom. The molecule has 4 heterocycles. The van der Waals surface area contributed by atoms with E-state index in [0.29, 0.717) is 46.8 Å². The number of nitrogens with one attached hydrogen (secondary N) is 2. The van der Waals surface area contributed by atoms with Crippen LogP contribution in [0.3, 0.4) is 0 Å². The molecule has 0 radical (unpaired) electrons. The van der Waals surface area contributed by atoms with Crippen molar-refractivity contribution < 1.29 is 21.7 Å². The van der Waals surface area contributed by atoms with Gasteiger partial charge < -0.3 is 19.5 Å². The third-order valence-corrected chi connectivity index (χ3v) is 9.17. The van der Waals surface area contributed by atoms with E-state index in [1.807, 2.05) is 43.3 Å². The molecule has 1 aromatic carbocycles. The van der Waals surface area contributed by atoms with Crippen molar-refractivity contribution in [1.82, 2.24) is 25.0 Å². The summed E-state index contributed by atoms with van der Waals surface area (Å²) < 4.78 is 5.47. The summed E-state index contributed by atoms with van der Waals surface area (Å²) in [6.45, 7) is 14.2. The first-order chi connectivity index (χ1) is 20.6. The first-order valence-electron chi connectivity index (χ1n) is 14.3. The maximum Gasteiger partial charge on any atom is 0.324 e. The number of hydrogen-bond acceptors (Lipinski definition) is 8. The monoisotopic (exact) mass is 619 g/mol. The van der Waals surface area contributed by atoms with Crippen LogP contribution in [0.15, 0.2) is 47.0 Å². The van der Waals surface area contributed by atoms with Gasteiger partial charge in [-0.2, -0.15) is 0 Å². The smallest absolute Gasteiger partial charge is 0.324 e. The van der Waals surface area contributed by atoms with E-state index in [1.165, 1.54) is 11.3 Å². The summed E-state index contributed by atoms with van der Waals surface area (Å²) in [6, 6.07) is 10.7. The quantitative estimate of drug-likeness (QED) is 0.257. The van der Waals surface area contributed by atoms with Gasteiger partial charge in [0.2, 0.25) is 11.8 Å². The van der Waals surface area contributed by atoms with Crippen molar-refractivity contribution in [3.05, 3.63) is 64.5 Å². The predicted molar refractivity (Wildman–Crippen MR) is 175 cm³/mol. The van der Waals surface area contributed by atoms with Crippen LogP contribution in [0.2, 0.25) is 0 Å². The third kappa shape index (κ3) is 6.07. The molecule has 4 aromatic rings. The Hall–Kier alpha value is -4.58. The maximum absolute atomic E-state index is 13.9. The normalized spacial score (nSPS) is 15.0. The number of anilines is 2. The largest absolute Gasteiger partial charge is 0.420 e. The van der Waals surface area contributed by atoms with E-state index in [-0.39, 0.29) is 20.1 Å². The second-order valence-corrected chi connectivity index (χ2v) is 13.6. The van der Waals surface area contributed by atoms with Gasteiger partial charge in [0.15, 0.2) is 0 Å². The lowest BCUT2D eigenvalue weighted by Gasteiger charge is -2.44. The van der Waals surface area contributed by atoms with Crippen LogP contribution in [-0.2, 0) is 10.2 Å². The van der Waals surface area contributed by atoms with E-state index < -0.39 is 11.6 Å². The molecular weight excluding hydrogens is 578 g/mol. The predicted octanol–water partition coefficient (Wildman–Crippen LogP) is 6.60. The summed E-state index contributed by atoms with van der Waals surface area (Å²) in [5.41, 5.74) is 3.01. The number of benzene rings is 1. The van der Waals surface area contributed by atoms with Gasteiger partial charge >= 0.3 is 6.03 Å². The second-order valence-electron chi connectivity index (χ2n) is 12.5. The minimum absolute atomic E-state index is 0. The fraction of sp³-hybridized carbons (Fsp3) is 0.375. The van der Waals surface area contributed by atoms with Gasteiger partial charge in [-0.3, -0.25) is 19.9 Å². The first-order valence-corrected chi connectivity index (χ1v) is 15.1. The average molecular weight is 620 g/mol. The zero-order valence-electron chi connectivity index (χ0n) is 26.2. The van der Waals surface area contributed by atoms with Gasteiger partial charge in [-0.15, -0.1) is 21.5 Å². The van der Waals surface area contributed by atoms with Gasteiger partial charge in [-0.05, 0) is 61.6 Å². The molecule has 1 fully saturated rings. The van der Waals surface area contributed by atoms with Crippen molar-refractivity contribution in [3.8, 4) is 22.7 Å². The summed E-state index contributed by atoms with van der Waals surface area (Å²) in [6.07, 6.45) is 1.73. The number of amides is 4. The number of nitrogens with zero attached hydrogens (tertiary/aromatic N) is 5. The molecular formula is C32H41N7O4S. The lowest BCUT2D eigenvalue weighted by molar-refractivity contribution is -0.144. The van der Waals surface area contributed by atoms with E-state index in [4.69, 9.17) is 4.42 Å². The zero-order valence-corrected chi connectivity index (χ0v) is 27.0. The van der Waals surface area contributed by atoms with Crippen molar-refractivity contribution in [2.45, 2.75) is 59.4 Å². The van der Waals surface area contributed by atoms with Crippen LogP contribution in [-0.4, -0.2) is 68.5 Å². The van der Waals surface area contributed by atoms with Crippen molar-refractivity contribution in [1.29, 1.82) is 0 Å². The minimum atomic E-state index is -1.01. The number of aryl methyl sites for hydroxylation is 2. The Morgan fingerprint density at radius 3 is 2.43 bits per heavy atom. The second kappa shape index (κ2) is 11.5. The molecule has 0 bridgehead atoms. The van der Waals surface area contributed by atoms with Gasteiger partial charge in [0.05, 0.1) is 5.56 Å². The molecule has 0 saturated carbocycles. The van der Waals surface area contributed by atoms with Crippen LogP contribution >= 0.6 is 11.3 Å². The zero-order chi connectivity index (χ0) is 32.0. The Kier molecular flexibility index (Phi) is 8.06. The first kappa shape index (κ1) is 30.9. The molecule has 11 nitrogen and oxygen atoms in total. The summed E-state index contributed by atoms with van der Waals surface area (Å²) >= 11 is 1.36. The van der Waals surface area contributed by atoms with Crippen LogP contribution in [0.5, 0.6) is 0 Å². The Balaban J connectivity index is 0.00000288. The molecule has 1 aliphatic rings. The highest BCUT2D eigenvalue weighted by Crippen LogP contribution is 2.38. The van der Waals surface area contributed by atoms with Gasteiger partial charge in [0.1, 0.15) is 16.2 Å². The molecule has 44 heavy (non-hydrogen) atoms. The fourth-order valence-electron chi connectivity index (χ4n) is 5.08. The van der Waals surface area contributed by atoms with Crippen LogP contribution in [0.1, 0.15) is 64.2 Å². The number of thiophene rings is 1. The van der Waals surface area contributed by atoms with Crippen molar-refractivity contribution >= 4 is 39.9 Å². The van der Waals surface area contributed by atoms with E-state index in [9.17, 15) is 14.4 Å². The molecule has 0 spiro atoms. The van der Waals surface area contributed by atoms with Crippen molar-refractivity contribution in [2.24, 2.45) is 0 Å². The van der Waals surface area contributed by atoms with Crippen LogP contribution < -0.4 is 10.6 Å². The highest BCUT2D eigenvalue weighted by Gasteiger charge is 2.44. The molecule has 0 atom stereocenters. The van der Waals surface area contributed by atoms with Crippen LogP contribution in [0.4, 0.5) is 15.5 Å². The lowest BCUT2D eigenvalue weighted by atomic mass is 9.93. The molecule has 4 amide bonds. The number of piperazine rings is 1. The number of rotatable bonds is 5. The number of urea groups is 1. The molecule has 234 valence electrons. The van der Waals surface area contributed by atoms with Gasteiger partial charge in [0, 0.05) is 52.2 Å². The fourth-order valence-corrected chi connectivity index (χ4v) is 6.19. The summed E-state index contributed by atoms with van der Waals surface area (Å²) in [5, 5.41) is 14.1. The van der Waals surface area contributed by atoms with E-state index >= 15 is 0 Å². The molecule has 2 N–H and O–H groups in total. The van der Waals surface area contributed by atoms with Gasteiger partial charge in [-0.1, -0.05) is 32.9 Å². The number of carbonyl (C=O) groups is 3. The number of aromatic nitrogens is 3. The number of likely N-dealkylation sites (N-methyl/N-ethyl adjacent to an activating group) is 1. The van der Waals surface area contributed by atoms with Crippen molar-refractivity contribution in [2.75, 3.05) is 30.8 Å². The van der Waals surface area contributed by atoms with Crippen molar-refractivity contribution in [3.63, 3.8) is 0 Å². The molecule has 5 rings (SSSR count). The summed E-state index contributed by atoms with van der Waals surface area (Å²) in [7, 11) is 1.74. The highest BCUT2D eigenvalue weighted by atomic mass is 32.1. The van der Waals surface area contributed by atoms with E-state index in [0.717, 1.165) is 21.6 Å². The number of hydrogen-bond donors (Lipinski definition) is 2. The number of carbonyl (C=O) groups excluding carboxylic acids is 3. The van der Waals surface area contributed by atoms with E-state index in [2.05, 4.69) is 46.6 Å². The SMILES string of the molecule is Cc1nnc(-c2ccc(-c3cc(NC(=O)Nc4sc(C(C)(C)C)cc4C(=O)N4CCN(C)C(=O)C4(C)C)ccc3C)cn2)o1.[HH].[HH]. The summed E-state index contributed by atoms with van der Waals surface area (Å²) in [4.78, 5) is 48.8. The van der Waals surface area contributed by atoms with Gasteiger partial charge in [0.25, 0.3) is 11.8 Å². The molecule has 12 heteroatoms. The summed E-state index contributed by atoms with van der Waals surface area (Å²) in [5.74, 6) is 0.399. The number of pyridine rings is 1. The third-order valence-electron chi connectivity index (χ3n) is 7.69. The minimum Gasteiger partial charge on any atom is -0.420 e. The standard InChI is InChI=1S/C32H37N7O4S.2H2/c1-18-9-11-21(15-22(18)20-10-12-24(33-17-20)26-37-36-19(2)43-26)34-30(42)35-27-23(16-25(44-27)31(3,4)5)28(40)39-14-13-38(8)29(41)32(39,6)7;;/h9-12,15-17H,13-14H2,1-8H3,(H2,34,35,42);2*1H. The van der Waals surface area contributed by atoms with Gasteiger partial charge in [-0.25, -0.2) is 4.79 Å². The molecule has 1 saturated heterocycles. The molecule has 1 aliphatic heterocycles. The van der Waals surface area contributed by atoms with Crippen LogP contribution in [0.25, 0.3) is 22.7 Å². The Labute approximate surface area is 263 Å². The van der Waals surface area contributed by atoms with Crippen LogP contribution in [0, 0.1) is 13.8 Å². The lowest BCUT2D eigenvalue weighted by Crippen LogP contribution is -2.63. The van der Waals surface area contributed by atoms with E-state index in [1.54, 1.807) is 43.8 Å². The Morgan fingerprint density at radius 2 is 1.80 bits per heavy atom. The maximum atomic E-state index is 13.9. The Bertz CT molecular complexity index is 1750.